The Morgan fingerprint density at radius 3 is 2.13 bits per heavy atom. The van der Waals surface area contributed by atoms with Gasteiger partial charge in [-0.2, -0.15) is 0 Å². The van der Waals surface area contributed by atoms with E-state index in [-0.39, 0.29) is 12.3 Å². The monoisotopic (exact) mass is 329 g/mol. The van der Waals surface area contributed by atoms with Crippen molar-refractivity contribution in [3.05, 3.63) is 0 Å². The Balaban J connectivity index is 5.50. The number of ether oxygens (including phenoxy) is 1. The fourth-order valence-corrected chi connectivity index (χ4v) is 1.82. The van der Waals surface area contributed by atoms with Gasteiger partial charge in [0.15, 0.2) is 0 Å². The summed E-state index contributed by atoms with van der Waals surface area (Å²) in [6.07, 6.45) is -0.194. The zero-order chi connectivity index (χ0) is 18.4. The number of aliphatic carboxylic acids is 1. The smallest absolute Gasteiger partial charge is 0.417 e. The lowest BCUT2D eigenvalue weighted by atomic mass is 10.0. The molecule has 0 spiro atoms. The molecule has 2 amide bonds. The van der Waals surface area contributed by atoms with E-state index in [1.807, 2.05) is 13.8 Å². The van der Waals surface area contributed by atoms with Gasteiger partial charge >= 0.3 is 12.1 Å². The molecule has 3 N–H and O–H groups in total. The predicted octanol–water partition coefficient (Wildman–Crippen LogP) is 1.08. The molecule has 0 aliphatic heterocycles. The summed E-state index contributed by atoms with van der Waals surface area (Å²) < 4.78 is 5.08. The van der Waals surface area contributed by atoms with Gasteiger partial charge in [-0.3, -0.25) is 14.4 Å². The average molecular weight is 329 g/mol. The molecule has 0 bridgehead atoms. The molecule has 0 aliphatic rings. The number of hydrogen-bond donors (Lipinski definition) is 2. The van der Waals surface area contributed by atoms with Crippen molar-refractivity contribution >= 4 is 24.3 Å². The lowest BCUT2D eigenvalue weighted by molar-refractivity contribution is -0.139. The molecule has 0 rings (SSSR count). The van der Waals surface area contributed by atoms with Gasteiger partial charge in [-0.1, -0.05) is 13.8 Å². The van der Waals surface area contributed by atoms with E-state index in [2.05, 4.69) is 0 Å². The molecule has 8 nitrogen and oxygen atoms in total. The second-order valence-corrected chi connectivity index (χ2v) is 6.66. The van der Waals surface area contributed by atoms with E-state index in [9.17, 15) is 19.2 Å². The number of hydrogen-bond acceptors (Lipinski definition) is 6. The lowest BCUT2D eigenvalue weighted by Crippen LogP contribution is -2.54. The lowest BCUT2D eigenvalue weighted by Gasteiger charge is -2.30. The fourth-order valence-electron chi connectivity index (χ4n) is 1.82. The normalized spacial score (nSPS) is 14.0. The molecule has 0 aliphatic carbocycles. The van der Waals surface area contributed by atoms with E-state index < -0.39 is 42.1 Å². The van der Waals surface area contributed by atoms with Crippen molar-refractivity contribution in [1.82, 2.24) is 4.90 Å². The zero-order valence-corrected chi connectivity index (χ0v) is 14.2. The maximum atomic E-state index is 12.4. The van der Waals surface area contributed by atoms with Crippen LogP contribution in [0, 0.1) is 5.92 Å². The van der Waals surface area contributed by atoms with Gasteiger partial charge in [0.25, 0.3) is 0 Å². The fraction of sp³-hybridized carbons (Fsp3) is 0.733. The molecule has 0 heterocycles. The Morgan fingerprint density at radius 1 is 1.26 bits per heavy atom. The molecule has 2 atom stereocenters. The minimum Gasteiger partial charge on any atom is -0.481 e. The first-order valence-corrected chi connectivity index (χ1v) is 7.30. The van der Waals surface area contributed by atoms with Crippen molar-refractivity contribution in [2.45, 2.75) is 65.1 Å². The third kappa shape index (κ3) is 7.73. The van der Waals surface area contributed by atoms with E-state index in [1.165, 1.54) is 6.29 Å². The van der Waals surface area contributed by atoms with E-state index >= 15 is 0 Å². The van der Waals surface area contributed by atoms with Gasteiger partial charge < -0.3 is 15.6 Å². The summed E-state index contributed by atoms with van der Waals surface area (Å²) >= 11 is 0. The molecule has 1 radical (unpaired) electrons. The van der Waals surface area contributed by atoms with Crippen molar-refractivity contribution in [1.29, 1.82) is 0 Å². The van der Waals surface area contributed by atoms with Gasteiger partial charge in [-0.15, -0.1) is 0 Å². The highest BCUT2D eigenvalue weighted by Crippen LogP contribution is 2.16. The zero-order valence-electron chi connectivity index (χ0n) is 14.2. The molecule has 0 aromatic rings. The number of rotatable bonds is 7. The van der Waals surface area contributed by atoms with E-state index in [1.54, 1.807) is 20.8 Å². The van der Waals surface area contributed by atoms with Crippen LogP contribution in [0.3, 0.4) is 0 Å². The largest absolute Gasteiger partial charge is 0.481 e. The Bertz CT molecular complexity index is 455. The number of carboxylic acid groups (broad SMARTS) is 1. The molecule has 23 heavy (non-hydrogen) atoms. The third-order valence-electron chi connectivity index (χ3n) is 2.69. The van der Waals surface area contributed by atoms with Crippen LogP contribution in [0.15, 0.2) is 0 Å². The summed E-state index contributed by atoms with van der Waals surface area (Å²) in [5.74, 6) is -2.13. The first kappa shape index (κ1) is 21.0. The third-order valence-corrected chi connectivity index (χ3v) is 2.69. The van der Waals surface area contributed by atoms with Gasteiger partial charge in [-0.25, -0.2) is 9.69 Å². The van der Waals surface area contributed by atoms with Crippen molar-refractivity contribution in [2.75, 3.05) is 0 Å². The molecular weight excluding hydrogens is 304 g/mol. The second kappa shape index (κ2) is 8.61. The highest BCUT2D eigenvalue weighted by atomic mass is 16.6. The SMILES string of the molecule is CC(C)C[C@H](N)C(=O)N(C(=O)OC(C)(C)C)[C@H]([C]=O)CC(=O)O. The first-order chi connectivity index (χ1) is 10.4. The van der Waals surface area contributed by atoms with Gasteiger partial charge in [0.05, 0.1) is 12.5 Å². The Kier molecular flexibility index (Phi) is 7.88. The van der Waals surface area contributed by atoms with Gasteiger partial charge in [0.2, 0.25) is 12.2 Å². The van der Waals surface area contributed by atoms with Crippen LogP contribution in [0.2, 0.25) is 0 Å². The van der Waals surface area contributed by atoms with Crippen LogP contribution in [0.5, 0.6) is 0 Å². The van der Waals surface area contributed by atoms with Crippen LogP contribution in [-0.2, 0) is 19.1 Å². The average Bonchev–Trinajstić information content (AvgIpc) is 2.33. The van der Waals surface area contributed by atoms with Crippen LogP contribution in [0.1, 0.15) is 47.5 Å². The maximum Gasteiger partial charge on any atom is 0.417 e. The minimum atomic E-state index is -1.59. The Labute approximate surface area is 136 Å². The summed E-state index contributed by atoms with van der Waals surface area (Å²) in [5.41, 5.74) is 4.85. The highest BCUT2D eigenvalue weighted by Gasteiger charge is 2.37. The molecule has 8 heteroatoms. The molecule has 131 valence electrons. The number of carbonyl (C=O) groups excluding carboxylic acids is 3. The van der Waals surface area contributed by atoms with Crippen LogP contribution >= 0.6 is 0 Å². The van der Waals surface area contributed by atoms with E-state index in [0.717, 1.165) is 0 Å². The number of amides is 2. The topological polar surface area (TPSA) is 127 Å². The maximum absolute atomic E-state index is 12.4. The number of carboxylic acids is 1. The number of carbonyl (C=O) groups is 3. The number of imide groups is 1. The molecule has 0 saturated carbocycles. The molecule has 0 aromatic heterocycles. The summed E-state index contributed by atoms with van der Waals surface area (Å²) in [4.78, 5) is 47.0. The quantitative estimate of drug-likeness (QED) is 0.715. The van der Waals surface area contributed by atoms with Crippen LogP contribution in [0.25, 0.3) is 0 Å². The molecule has 0 saturated heterocycles. The highest BCUT2D eigenvalue weighted by molar-refractivity contribution is 5.98. The summed E-state index contributed by atoms with van der Waals surface area (Å²) in [6, 6.07) is -2.64. The van der Waals surface area contributed by atoms with Crippen molar-refractivity contribution in [3.8, 4) is 0 Å². The first-order valence-electron chi connectivity index (χ1n) is 7.30. The Morgan fingerprint density at radius 2 is 1.78 bits per heavy atom. The van der Waals surface area contributed by atoms with Crippen molar-refractivity contribution in [2.24, 2.45) is 11.7 Å². The summed E-state index contributed by atoms with van der Waals surface area (Å²) in [7, 11) is 0. The van der Waals surface area contributed by atoms with Crippen LogP contribution in [-0.4, -0.2) is 51.9 Å². The Hall–Kier alpha value is -1.96. The number of nitrogens with zero attached hydrogens (tertiary/aromatic N) is 1. The van der Waals surface area contributed by atoms with Gasteiger partial charge in [-0.05, 0) is 33.1 Å². The molecule has 0 unspecified atom stereocenters. The van der Waals surface area contributed by atoms with Crippen LogP contribution < -0.4 is 5.73 Å². The van der Waals surface area contributed by atoms with Gasteiger partial charge in [0.1, 0.15) is 11.6 Å². The van der Waals surface area contributed by atoms with E-state index in [0.29, 0.717) is 4.90 Å². The predicted molar refractivity (Wildman–Crippen MR) is 82.2 cm³/mol. The number of nitrogens with two attached hydrogens (primary N) is 1. The second-order valence-electron chi connectivity index (χ2n) is 6.66. The van der Waals surface area contributed by atoms with Crippen LogP contribution in [0.4, 0.5) is 4.79 Å². The molecule has 0 aromatic carbocycles. The molecular formula is C15H25N2O6. The summed E-state index contributed by atoms with van der Waals surface area (Å²) in [6.45, 7) is 8.42. The van der Waals surface area contributed by atoms with E-state index in [4.69, 9.17) is 15.6 Å². The van der Waals surface area contributed by atoms with Crippen molar-refractivity contribution < 1.29 is 29.0 Å². The molecule has 0 fully saturated rings. The standard InChI is InChI=1S/C15H25N2O6/c1-9(2)6-11(16)13(21)17(10(8-18)7-12(19)20)14(22)23-15(3,4)5/h9-11H,6-7,16H2,1-5H3,(H,19,20)/t10-,11-/m0/s1. The minimum absolute atomic E-state index is 0.0765. The van der Waals surface area contributed by atoms with Gasteiger partial charge in [0, 0.05) is 0 Å². The summed E-state index contributed by atoms with van der Waals surface area (Å²) in [5, 5.41) is 8.84. The van der Waals surface area contributed by atoms with Crippen molar-refractivity contribution in [3.63, 3.8) is 0 Å².